The fourth-order valence-electron chi connectivity index (χ4n) is 3.97. The molecule has 0 saturated carbocycles. The zero-order chi connectivity index (χ0) is 23.0. The molecule has 3 aromatic rings. The highest BCUT2D eigenvalue weighted by atomic mass is 19.4. The number of aromatic nitrogens is 2. The van der Waals surface area contributed by atoms with Crippen molar-refractivity contribution in [1.82, 2.24) is 14.9 Å². The topological polar surface area (TPSA) is 101 Å². The normalized spacial score (nSPS) is 15.2. The smallest absolute Gasteiger partial charge is 0.406 e. The first-order valence-electron chi connectivity index (χ1n) is 9.74. The van der Waals surface area contributed by atoms with E-state index in [4.69, 9.17) is 5.73 Å². The summed E-state index contributed by atoms with van der Waals surface area (Å²) in [6, 6.07) is 6.18. The van der Waals surface area contributed by atoms with Crippen molar-refractivity contribution in [3.05, 3.63) is 59.2 Å². The molecule has 0 radical (unpaired) electrons. The summed E-state index contributed by atoms with van der Waals surface area (Å²) in [4.78, 5) is 32.5. The number of fused-ring (bicyclic) bond motifs is 1. The molecule has 0 atom stereocenters. The van der Waals surface area contributed by atoms with Gasteiger partial charge < -0.3 is 20.4 Å². The summed E-state index contributed by atoms with van der Waals surface area (Å²) in [6.07, 6.45) is -2.79. The fourth-order valence-corrected chi connectivity index (χ4v) is 3.97. The van der Waals surface area contributed by atoms with Crippen LogP contribution >= 0.6 is 0 Å². The largest absolute Gasteiger partial charge is 0.573 e. The van der Waals surface area contributed by atoms with E-state index in [1.54, 1.807) is 4.90 Å². The van der Waals surface area contributed by atoms with Crippen LogP contribution in [0.15, 0.2) is 36.5 Å². The van der Waals surface area contributed by atoms with E-state index in [9.17, 15) is 27.2 Å². The second-order valence-corrected chi connectivity index (χ2v) is 7.47. The van der Waals surface area contributed by atoms with Gasteiger partial charge in [0.2, 0.25) is 0 Å². The maximum Gasteiger partial charge on any atom is 0.573 e. The van der Waals surface area contributed by atoms with Crippen LogP contribution in [0.25, 0.3) is 11.0 Å². The van der Waals surface area contributed by atoms with Crippen molar-refractivity contribution < 1.29 is 31.9 Å². The number of carbonyl (C=O) groups is 2. The van der Waals surface area contributed by atoms with Gasteiger partial charge in [-0.3, -0.25) is 9.59 Å². The molecule has 0 spiro atoms. The maximum atomic E-state index is 14.6. The number of halogens is 4. The van der Waals surface area contributed by atoms with Crippen molar-refractivity contribution in [2.24, 2.45) is 5.73 Å². The molecule has 32 heavy (non-hydrogen) atoms. The number of ether oxygens (including phenoxy) is 1. The summed E-state index contributed by atoms with van der Waals surface area (Å²) in [7, 11) is 0. The average Bonchev–Trinajstić information content (AvgIpc) is 3.17. The maximum absolute atomic E-state index is 14.6. The van der Waals surface area contributed by atoms with Crippen LogP contribution in [0, 0.1) is 5.82 Å². The van der Waals surface area contributed by atoms with E-state index < -0.39 is 23.8 Å². The van der Waals surface area contributed by atoms with Gasteiger partial charge in [0.05, 0.1) is 6.20 Å². The second kappa shape index (κ2) is 8.13. The zero-order valence-electron chi connectivity index (χ0n) is 16.6. The van der Waals surface area contributed by atoms with Crippen molar-refractivity contribution in [2.75, 3.05) is 13.1 Å². The lowest BCUT2D eigenvalue weighted by molar-refractivity contribution is -0.274. The van der Waals surface area contributed by atoms with Gasteiger partial charge in [0.15, 0.2) is 0 Å². The minimum atomic E-state index is -4.81. The van der Waals surface area contributed by atoms with E-state index in [-0.39, 0.29) is 23.1 Å². The molecular weight excluding hydrogens is 432 g/mol. The predicted molar refractivity (Wildman–Crippen MR) is 106 cm³/mol. The number of pyridine rings is 1. The van der Waals surface area contributed by atoms with Crippen molar-refractivity contribution in [1.29, 1.82) is 0 Å². The molecule has 2 amide bonds. The molecule has 7 nitrogen and oxygen atoms in total. The van der Waals surface area contributed by atoms with Crippen LogP contribution in [0.3, 0.4) is 0 Å². The Kier molecular flexibility index (Phi) is 5.49. The number of nitrogens with one attached hydrogen (secondary N) is 1. The van der Waals surface area contributed by atoms with Crippen LogP contribution in [0.4, 0.5) is 17.6 Å². The number of carbonyl (C=O) groups excluding carboxylic acids is 2. The van der Waals surface area contributed by atoms with Gasteiger partial charge in [0.25, 0.3) is 11.8 Å². The molecule has 2 aromatic heterocycles. The minimum absolute atomic E-state index is 0.130. The van der Waals surface area contributed by atoms with E-state index >= 15 is 0 Å². The summed E-state index contributed by atoms with van der Waals surface area (Å²) in [6.45, 7) is 0.668. The molecule has 1 aromatic carbocycles. The molecule has 168 valence electrons. The monoisotopic (exact) mass is 450 g/mol. The van der Waals surface area contributed by atoms with Gasteiger partial charge in [-0.1, -0.05) is 0 Å². The van der Waals surface area contributed by atoms with Gasteiger partial charge in [-0.15, -0.1) is 13.2 Å². The lowest BCUT2D eigenvalue weighted by Crippen LogP contribution is -2.38. The third kappa shape index (κ3) is 4.36. The van der Waals surface area contributed by atoms with E-state index in [2.05, 4.69) is 14.7 Å². The summed E-state index contributed by atoms with van der Waals surface area (Å²) >= 11 is 0. The Labute approximate surface area is 179 Å². The van der Waals surface area contributed by atoms with Gasteiger partial charge in [0, 0.05) is 29.6 Å². The average molecular weight is 450 g/mol. The summed E-state index contributed by atoms with van der Waals surface area (Å²) in [5.74, 6) is -2.13. The fraction of sp³-hybridized carbons (Fsp3) is 0.286. The highest BCUT2D eigenvalue weighted by molar-refractivity contribution is 5.97. The van der Waals surface area contributed by atoms with Crippen molar-refractivity contribution in [3.63, 3.8) is 0 Å². The first-order valence-corrected chi connectivity index (χ1v) is 9.74. The third-order valence-corrected chi connectivity index (χ3v) is 5.44. The molecule has 0 unspecified atom stereocenters. The van der Waals surface area contributed by atoms with Gasteiger partial charge in [-0.25, -0.2) is 9.37 Å². The lowest BCUT2D eigenvalue weighted by atomic mass is 9.87. The number of hydrogen-bond acceptors (Lipinski definition) is 4. The number of rotatable bonds is 4. The van der Waals surface area contributed by atoms with Crippen LogP contribution in [0.1, 0.15) is 45.2 Å². The molecule has 1 aliphatic rings. The first-order chi connectivity index (χ1) is 15.1. The molecular formula is C21H18F4N4O3. The standard InChI is InChI=1S/C21H18F4N4O3/c22-15-10-27-19-14(9-16(28-19)18(26)30)17(15)11-5-7-29(8-6-11)20(31)12-1-3-13(4-2-12)32-21(23,24)25/h1-4,9-11H,5-8H2,(H2,26,30)(H,27,28). The predicted octanol–water partition coefficient (Wildman–Crippen LogP) is 3.72. The van der Waals surface area contributed by atoms with Crippen molar-refractivity contribution >= 4 is 22.8 Å². The molecule has 1 fully saturated rings. The molecule has 3 N–H and O–H groups in total. The van der Waals surface area contributed by atoms with Crippen LogP contribution in [-0.4, -0.2) is 46.1 Å². The highest BCUT2D eigenvalue weighted by Crippen LogP contribution is 2.35. The number of H-pyrrole nitrogens is 1. The minimum Gasteiger partial charge on any atom is -0.406 e. The van der Waals surface area contributed by atoms with Crippen molar-refractivity contribution in [3.8, 4) is 5.75 Å². The zero-order valence-corrected chi connectivity index (χ0v) is 16.6. The number of hydrogen-bond donors (Lipinski definition) is 2. The van der Waals surface area contributed by atoms with Crippen LogP contribution in [0.5, 0.6) is 5.75 Å². The molecule has 0 bridgehead atoms. The molecule has 11 heteroatoms. The number of alkyl halides is 3. The molecule has 1 aliphatic heterocycles. The molecule has 3 heterocycles. The van der Waals surface area contributed by atoms with Gasteiger partial charge in [-0.05, 0) is 49.1 Å². The third-order valence-electron chi connectivity index (χ3n) is 5.44. The summed E-state index contributed by atoms with van der Waals surface area (Å²) in [5, 5.41) is 0.476. The van der Waals surface area contributed by atoms with Gasteiger partial charge in [0.1, 0.15) is 22.9 Å². The Balaban J connectivity index is 1.47. The highest BCUT2D eigenvalue weighted by Gasteiger charge is 2.31. The van der Waals surface area contributed by atoms with E-state index in [1.165, 1.54) is 18.2 Å². The van der Waals surface area contributed by atoms with E-state index in [0.717, 1.165) is 18.3 Å². The van der Waals surface area contributed by atoms with E-state index in [0.29, 0.717) is 42.5 Å². The van der Waals surface area contributed by atoms with Crippen LogP contribution < -0.4 is 10.5 Å². The van der Waals surface area contributed by atoms with E-state index in [1.807, 2.05) is 0 Å². The van der Waals surface area contributed by atoms with Gasteiger partial charge in [-0.2, -0.15) is 0 Å². The Morgan fingerprint density at radius 3 is 2.41 bits per heavy atom. The SMILES string of the molecule is NC(=O)c1cc2c(C3CCN(C(=O)c4ccc(OC(F)(F)F)cc4)CC3)c(F)cnc2[nH]1. The second-order valence-electron chi connectivity index (χ2n) is 7.47. The number of amides is 2. The quantitative estimate of drug-likeness (QED) is 0.592. The number of piperidine rings is 1. The summed E-state index contributed by atoms with van der Waals surface area (Å²) < 4.78 is 55.3. The number of benzene rings is 1. The van der Waals surface area contributed by atoms with Crippen LogP contribution in [0.2, 0.25) is 0 Å². The Bertz CT molecular complexity index is 1170. The Morgan fingerprint density at radius 1 is 1.16 bits per heavy atom. The number of nitrogens with two attached hydrogens (primary N) is 1. The summed E-state index contributed by atoms with van der Waals surface area (Å²) in [5.41, 5.74) is 6.42. The first kappa shape index (κ1) is 21.6. The number of aromatic amines is 1. The van der Waals surface area contributed by atoms with Crippen LogP contribution in [-0.2, 0) is 0 Å². The number of primary amides is 1. The molecule has 0 aliphatic carbocycles. The number of nitrogens with zero attached hydrogens (tertiary/aromatic N) is 2. The Hall–Kier alpha value is -3.63. The number of likely N-dealkylation sites (tertiary alicyclic amines) is 1. The molecule has 1 saturated heterocycles. The molecule has 4 rings (SSSR count). The Morgan fingerprint density at radius 2 is 1.81 bits per heavy atom. The van der Waals surface area contributed by atoms with Gasteiger partial charge >= 0.3 is 6.36 Å². The van der Waals surface area contributed by atoms with Crippen molar-refractivity contribution in [2.45, 2.75) is 25.1 Å². The lowest BCUT2D eigenvalue weighted by Gasteiger charge is -2.32.